The van der Waals surface area contributed by atoms with Gasteiger partial charge in [-0.15, -0.1) is 5.11 Å². The van der Waals surface area contributed by atoms with Crippen molar-refractivity contribution < 1.29 is 14.2 Å². The van der Waals surface area contributed by atoms with E-state index in [-0.39, 0.29) is 12.0 Å². The smallest absolute Gasteiger partial charge is 0.237 e. The minimum atomic E-state index is -0.161. The molecule has 1 N–H and O–H groups in total. The van der Waals surface area contributed by atoms with Crippen LogP contribution in [0.4, 0.5) is 0 Å². The van der Waals surface area contributed by atoms with Crippen LogP contribution in [0.5, 0.6) is 17.2 Å². The van der Waals surface area contributed by atoms with E-state index in [9.17, 15) is 0 Å². The van der Waals surface area contributed by atoms with Gasteiger partial charge in [-0.05, 0) is 40.8 Å². The van der Waals surface area contributed by atoms with Crippen molar-refractivity contribution in [2.24, 2.45) is 21.1 Å². The molecule has 2 aromatic rings. The Bertz CT molecular complexity index is 943. The fourth-order valence-electron chi connectivity index (χ4n) is 3.46. The van der Waals surface area contributed by atoms with E-state index >= 15 is 0 Å². The Morgan fingerprint density at radius 3 is 2.23 bits per heavy atom. The molecule has 2 aromatic carbocycles. The molecule has 7 nitrogen and oxygen atoms in total. The first-order valence-corrected chi connectivity index (χ1v) is 10.3. The van der Waals surface area contributed by atoms with Crippen molar-refractivity contribution >= 4 is 17.6 Å². The predicted octanol–water partition coefficient (Wildman–Crippen LogP) is 4.69. The van der Waals surface area contributed by atoms with Crippen molar-refractivity contribution in [1.82, 2.24) is 5.32 Å². The summed E-state index contributed by atoms with van der Waals surface area (Å²) in [4.78, 5) is 4.33. The number of nitrogens with zero attached hydrogens (tertiary/aromatic N) is 3. The van der Waals surface area contributed by atoms with Gasteiger partial charge in [0, 0.05) is 6.54 Å². The van der Waals surface area contributed by atoms with Crippen LogP contribution in [0.3, 0.4) is 0 Å². The number of azo groups is 1. The molecule has 1 aliphatic rings. The summed E-state index contributed by atoms with van der Waals surface area (Å²) in [6, 6.07) is 13.9. The van der Waals surface area contributed by atoms with E-state index in [0.29, 0.717) is 23.2 Å². The van der Waals surface area contributed by atoms with Crippen LogP contribution >= 0.6 is 0 Å². The lowest BCUT2D eigenvalue weighted by molar-refractivity contribution is 0.324. The molecular weight excluding hydrogens is 392 g/mol. The summed E-state index contributed by atoms with van der Waals surface area (Å²) in [6.07, 6.45) is 2.10. The molecule has 31 heavy (non-hydrogen) atoms. The molecule has 0 radical (unpaired) electrons. The fraction of sp³-hybridized carbons (Fsp3) is 0.375. The van der Waals surface area contributed by atoms with E-state index in [1.807, 2.05) is 30.3 Å². The third-order valence-electron chi connectivity index (χ3n) is 5.00. The molecule has 1 aliphatic heterocycles. The van der Waals surface area contributed by atoms with Crippen molar-refractivity contribution in [3.8, 4) is 17.2 Å². The number of methoxy groups -OCH3 is 3. The Balaban J connectivity index is 2.11. The van der Waals surface area contributed by atoms with Crippen molar-refractivity contribution in [2.45, 2.75) is 19.9 Å². The van der Waals surface area contributed by atoms with Crippen LogP contribution in [0.2, 0.25) is 0 Å². The molecular formula is C24H30N4O3. The lowest BCUT2D eigenvalue weighted by Gasteiger charge is -2.20. The van der Waals surface area contributed by atoms with E-state index in [0.717, 1.165) is 29.8 Å². The zero-order valence-electron chi connectivity index (χ0n) is 18.8. The van der Waals surface area contributed by atoms with Gasteiger partial charge in [-0.1, -0.05) is 44.2 Å². The van der Waals surface area contributed by atoms with E-state index < -0.39 is 0 Å². The van der Waals surface area contributed by atoms with Gasteiger partial charge >= 0.3 is 0 Å². The van der Waals surface area contributed by atoms with Crippen LogP contribution in [0.1, 0.15) is 25.0 Å². The second kappa shape index (κ2) is 10.6. The molecule has 1 atom stereocenters. The highest BCUT2D eigenvalue weighted by Gasteiger charge is 2.21. The Hall–Kier alpha value is -3.35. The molecule has 164 valence electrons. The van der Waals surface area contributed by atoms with Gasteiger partial charge in [0.2, 0.25) is 11.7 Å². The van der Waals surface area contributed by atoms with Crippen LogP contribution in [-0.2, 0) is 0 Å². The van der Waals surface area contributed by atoms with Crippen LogP contribution in [0.15, 0.2) is 57.7 Å². The molecule has 7 heteroatoms. The summed E-state index contributed by atoms with van der Waals surface area (Å²) in [5.74, 6) is 2.58. The molecule has 0 saturated carbocycles. The Kier molecular flexibility index (Phi) is 7.65. The Labute approximate surface area is 183 Å². The number of hydrogen-bond donors (Lipinski definition) is 1. The Morgan fingerprint density at radius 2 is 1.71 bits per heavy atom. The van der Waals surface area contributed by atoms with Gasteiger partial charge in [-0.2, -0.15) is 5.11 Å². The SMILES string of the molecule is COc1cc(/C=C(\c2ccccc2)C(N=NC2=NCCN2)C(C)C)cc(OC)c1OC. The Morgan fingerprint density at radius 1 is 1.03 bits per heavy atom. The van der Waals surface area contributed by atoms with E-state index in [4.69, 9.17) is 14.2 Å². The number of benzene rings is 2. The van der Waals surface area contributed by atoms with E-state index in [1.165, 1.54) is 0 Å². The number of aliphatic imine (C=N–C) groups is 1. The summed E-state index contributed by atoms with van der Waals surface area (Å²) in [5.41, 5.74) is 3.05. The summed E-state index contributed by atoms with van der Waals surface area (Å²) in [7, 11) is 4.83. The van der Waals surface area contributed by atoms with Gasteiger partial charge < -0.3 is 19.5 Å². The maximum atomic E-state index is 5.53. The first-order chi connectivity index (χ1) is 15.1. The summed E-state index contributed by atoms with van der Waals surface area (Å²) < 4.78 is 16.5. The van der Waals surface area contributed by atoms with Crippen LogP contribution in [0.25, 0.3) is 11.6 Å². The maximum Gasteiger partial charge on any atom is 0.237 e. The quantitative estimate of drug-likeness (QED) is 0.495. The van der Waals surface area contributed by atoms with Crippen molar-refractivity contribution in [3.05, 3.63) is 53.6 Å². The molecule has 0 aliphatic carbocycles. The number of ether oxygens (including phenoxy) is 3. The summed E-state index contributed by atoms with van der Waals surface area (Å²) >= 11 is 0. The average Bonchev–Trinajstić information content (AvgIpc) is 3.31. The average molecular weight is 423 g/mol. The molecule has 3 rings (SSSR count). The lowest BCUT2D eigenvalue weighted by Crippen LogP contribution is -2.19. The molecule has 0 bridgehead atoms. The standard InChI is InChI=1S/C24H30N4O3/c1-16(2)22(27-28-24-25-11-12-26-24)19(18-9-7-6-8-10-18)13-17-14-20(29-3)23(31-5)21(15-17)30-4/h6-10,13-16,22H,11-12H2,1-5H3,(H,25,26)/b19-13+,28-27?. The first kappa shape index (κ1) is 22.3. The topological polar surface area (TPSA) is 76.8 Å². The number of hydrogen-bond acceptors (Lipinski definition) is 7. The van der Waals surface area contributed by atoms with Crippen LogP contribution < -0.4 is 19.5 Å². The van der Waals surface area contributed by atoms with Gasteiger partial charge in [0.25, 0.3) is 0 Å². The van der Waals surface area contributed by atoms with Crippen molar-refractivity contribution in [3.63, 3.8) is 0 Å². The molecule has 1 unspecified atom stereocenters. The third kappa shape index (κ3) is 5.42. The highest BCUT2D eigenvalue weighted by atomic mass is 16.5. The van der Waals surface area contributed by atoms with E-state index in [1.54, 1.807) is 21.3 Å². The van der Waals surface area contributed by atoms with Gasteiger partial charge in [0.05, 0.1) is 33.9 Å². The van der Waals surface area contributed by atoms with Gasteiger partial charge in [-0.25, -0.2) is 4.99 Å². The molecule has 0 aromatic heterocycles. The maximum absolute atomic E-state index is 5.53. The monoisotopic (exact) mass is 422 g/mol. The van der Waals surface area contributed by atoms with E-state index in [2.05, 4.69) is 52.6 Å². The molecule has 1 heterocycles. The largest absolute Gasteiger partial charge is 0.493 e. The van der Waals surface area contributed by atoms with Crippen molar-refractivity contribution in [1.29, 1.82) is 0 Å². The zero-order valence-corrected chi connectivity index (χ0v) is 18.8. The van der Waals surface area contributed by atoms with Gasteiger partial charge in [0.1, 0.15) is 0 Å². The lowest BCUT2D eigenvalue weighted by atomic mass is 9.89. The minimum Gasteiger partial charge on any atom is -0.493 e. The van der Waals surface area contributed by atoms with Crippen LogP contribution in [-0.4, -0.2) is 46.4 Å². The minimum absolute atomic E-state index is 0.161. The highest BCUT2D eigenvalue weighted by molar-refractivity contribution is 5.86. The normalized spacial score (nSPS) is 15.0. The second-order valence-electron chi connectivity index (χ2n) is 7.46. The van der Waals surface area contributed by atoms with Gasteiger partial charge in [-0.3, -0.25) is 0 Å². The zero-order chi connectivity index (χ0) is 22.2. The van der Waals surface area contributed by atoms with Gasteiger partial charge in [0.15, 0.2) is 11.5 Å². The third-order valence-corrected chi connectivity index (χ3v) is 5.00. The molecule has 0 amide bonds. The number of nitrogens with one attached hydrogen (secondary N) is 1. The molecule has 0 spiro atoms. The fourth-order valence-corrected chi connectivity index (χ4v) is 3.46. The van der Waals surface area contributed by atoms with Crippen LogP contribution in [0, 0.1) is 5.92 Å². The summed E-state index contributed by atoms with van der Waals surface area (Å²) in [5, 5.41) is 12.2. The summed E-state index contributed by atoms with van der Waals surface area (Å²) in [6.45, 7) is 5.81. The predicted molar refractivity (Wildman–Crippen MR) is 124 cm³/mol. The first-order valence-electron chi connectivity index (χ1n) is 10.3. The highest BCUT2D eigenvalue weighted by Crippen LogP contribution is 2.39. The number of guanidine groups is 1. The second-order valence-corrected chi connectivity index (χ2v) is 7.46. The van der Waals surface area contributed by atoms with Crippen molar-refractivity contribution in [2.75, 3.05) is 34.4 Å². The number of rotatable bonds is 8. The molecule has 0 saturated heterocycles. The molecule has 0 fully saturated rings.